The highest BCUT2D eigenvalue weighted by molar-refractivity contribution is 5.87. The zero-order chi connectivity index (χ0) is 16.3. The first-order valence-corrected chi connectivity index (χ1v) is 7.52. The Balaban J connectivity index is 2.40. The van der Waals surface area contributed by atoms with Crippen molar-refractivity contribution in [2.24, 2.45) is 14.1 Å². The van der Waals surface area contributed by atoms with Crippen LogP contribution in [0.4, 0.5) is 5.69 Å². The van der Waals surface area contributed by atoms with Crippen LogP contribution in [-0.4, -0.2) is 45.2 Å². The van der Waals surface area contributed by atoms with E-state index < -0.39 is 0 Å². The number of aromatic nitrogens is 3. The zero-order valence-electron chi connectivity index (χ0n) is 13.6. The van der Waals surface area contributed by atoms with Gasteiger partial charge in [0.1, 0.15) is 5.39 Å². The van der Waals surface area contributed by atoms with E-state index in [-0.39, 0.29) is 11.2 Å². The lowest BCUT2D eigenvalue weighted by atomic mass is 10.2. The second-order valence-corrected chi connectivity index (χ2v) is 5.22. The van der Waals surface area contributed by atoms with Crippen molar-refractivity contribution >= 4 is 16.7 Å². The Morgan fingerprint density at radius 1 is 1.18 bits per heavy atom. The molecule has 0 spiro atoms. The van der Waals surface area contributed by atoms with Crippen LogP contribution >= 0.6 is 0 Å². The summed E-state index contributed by atoms with van der Waals surface area (Å²) in [7, 11) is 3.10. The average Bonchev–Trinajstić information content (AvgIpc) is 2.54. The number of hydrogen-bond donors (Lipinski definition) is 1. The van der Waals surface area contributed by atoms with Crippen LogP contribution < -0.4 is 16.6 Å². The quantitative estimate of drug-likeness (QED) is 0.835. The Kier molecular flexibility index (Phi) is 4.97. The second-order valence-electron chi connectivity index (χ2n) is 5.22. The molecule has 2 heterocycles. The molecule has 0 saturated carbocycles. The Morgan fingerprint density at radius 3 is 2.50 bits per heavy atom. The van der Waals surface area contributed by atoms with Gasteiger partial charge in [0.25, 0.3) is 5.56 Å². The van der Waals surface area contributed by atoms with Crippen LogP contribution in [-0.2, 0) is 14.1 Å². The summed E-state index contributed by atoms with van der Waals surface area (Å²) < 4.78 is 2.51. The summed E-state index contributed by atoms with van der Waals surface area (Å²) >= 11 is 0. The molecule has 0 radical (unpaired) electrons. The van der Waals surface area contributed by atoms with E-state index >= 15 is 0 Å². The van der Waals surface area contributed by atoms with Crippen molar-refractivity contribution in [1.82, 2.24) is 19.0 Å². The van der Waals surface area contributed by atoms with Gasteiger partial charge in [0.2, 0.25) is 0 Å². The van der Waals surface area contributed by atoms with E-state index in [1.54, 1.807) is 19.3 Å². The molecular weight excluding hydrogens is 282 g/mol. The van der Waals surface area contributed by atoms with Crippen LogP contribution in [0.1, 0.15) is 13.8 Å². The summed E-state index contributed by atoms with van der Waals surface area (Å²) in [5.74, 6) is 0. The molecule has 2 aromatic heterocycles. The topological polar surface area (TPSA) is 72.2 Å². The van der Waals surface area contributed by atoms with Gasteiger partial charge in [-0.1, -0.05) is 13.8 Å². The lowest BCUT2D eigenvalue weighted by Crippen LogP contribution is -2.37. The van der Waals surface area contributed by atoms with E-state index in [9.17, 15) is 9.59 Å². The van der Waals surface area contributed by atoms with Crippen molar-refractivity contribution in [2.75, 3.05) is 31.5 Å². The van der Waals surface area contributed by atoms with E-state index in [0.29, 0.717) is 16.7 Å². The van der Waals surface area contributed by atoms with Crippen LogP contribution in [0, 0.1) is 0 Å². The van der Waals surface area contributed by atoms with Gasteiger partial charge < -0.3 is 10.2 Å². The van der Waals surface area contributed by atoms with Gasteiger partial charge in [-0.25, -0.2) is 9.78 Å². The van der Waals surface area contributed by atoms with Gasteiger partial charge in [-0.3, -0.25) is 13.9 Å². The van der Waals surface area contributed by atoms with Gasteiger partial charge in [-0.15, -0.1) is 0 Å². The third-order valence-electron chi connectivity index (χ3n) is 3.98. The Bertz CT molecular complexity index is 774. The third kappa shape index (κ3) is 2.89. The van der Waals surface area contributed by atoms with Gasteiger partial charge in [-0.05, 0) is 19.2 Å². The first-order chi connectivity index (χ1) is 10.5. The van der Waals surface area contributed by atoms with E-state index in [2.05, 4.69) is 29.0 Å². The predicted molar refractivity (Wildman–Crippen MR) is 88.5 cm³/mol. The molecule has 0 aliphatic carbocycles. The SMILES string of the molecule is CCN(CC)CCNc1ccnc2c1c(=O)n(C)c(=O)n2C. The number of nitrogens with zero attached hydrogens (tertiary/aromatic N) is 4. The minimum atomic E-state index is -0.370. The van der Waals surface area contributed by atoms with Gasteiger partial charge in [-0.2, -0.15) is 0 Å². The molecule has 22 heavy (non-hydrogen) atoms. The standard InChI is InChI=1S/C15H23N5O2/c1-5-20(6-2)10-9-16-11-7-8-17-13-12(11)14(21)19(4)15(22)18(13)3/h7-8H,5-6,9-10H2,1-4H3,(H,16,17). The molecule has 7 nitrogen and oxygen atoms in total. The van der Waals surface area contributed by atoms with Crippen LogP contribution in [0.25, 0.3) is 11.0 Å². The number of fused-ring (bicyclic) bond motifs is 1. The molecule has 0 saturated heterocycles. The largest absolute Gasteiger partial charge is 0.383 e. The maximum absolute atomic E-state index is 12.4. The minimum absolute atomic E-state index is 0.323. The van der Waals surface area contributed by atoms with Crippen molar-refractivity contribution in [3.63, 3.8) is 0 Å². The lowest BCUT2D eigenvalue weighted by Gasteiger charge is -2.19. The molecular formula is C15H23N5O2. The minimum Gasteiger partial charge on any atom is -0.383 e. The van der Waals surface area contributed by atoms with Crippen LogP contribution in [0.3, 0.4) is 0 Å². The number of pyridine rings is 1. The second kappa shape index (κ2) is 6.74. The maximum atomic E-state index is 12.4. The highest BCUT2D eigenvalue weighted by atomic mass is 16.2. The van der Waals surface area contributed by atoms with Crippen molar-refractivity contribution in [2.45, 2.75) is 13.8 Å². The van der Waals surface area contributed by atoms with E-state index in [4.69, 9.17) is 0 Å². The molecule has 0 fully saturated rings. The summed E-state index contributed by atoms with van der Waals surface area (Å²) in [6, 6.07) is 1.77. The molecule has 1 N–H and O–H groups in total. The van der Waals surface area contributed by atoms with Gasteiger partial charge in [0.05, 0.1) is 5.69 Å². The van der Waals surface area contributed by atoms with Crippen LogP contribution in [0.2, 0.25) is 0 Å². The average molecular weight is 305 g/mol. The fourth-order valence-corrected chi connectivity index (χ4v) is 2.52. The van der Waals surface area contributed by atoms with E-state index in [1.807, 2.05) is 0 Å². The van der Waals surface area contributed by atoms with Crippen molar-refractivity contribution in [3.05, 3.63) is 33.1 Å². The van der Waals surface area contributed by atoms with Crippen molar-refractivity contribution < 1.29 is 0 Å². The smallest absolute Gasteiger partial charge is 0.332 e. The molecule has 0 aliphatic heterocycles. The fraction of sp³-hybridized carbons (Fsp3) is 0.533. The normalized spacial score (nSPS) is 11.3. The zero-order valence-corrected chi connectivity index (χ0v) is 13.6. The van der Waals surface area contributed by atoms with E-state index in [0.717, 1.165) is 30.7 Å². The first kappa shape index (κ1) is 16.2. The summed E-state index contributed by atoms with van der Waals surface area (Å²) in [6.07, 6.45) is 1.61. The molecule has 0 amide bonds. The van der Waals surface area contributed by atoms with Crippen LogP contribution in [0.15, 0.2) is 21.9 Å². The van der Waals surface area contributed by atoms with Crippen molar-refractivity contribution in [1.29, 1.82) is 0 Å². The first-order valence-electron chi connectivity index (χ1n) is 7.52. The highest BCUT2D eigenvalue weighted by Gasteiger charge is 2.13. The predicted octanol–water partition coefficient (Wildman–Crippen LogP) is 0.386. The molecule has 0 aliphatic rings. The number of hydrogen-bond acceptors (Lipinski definition) is 5. The third-order valence-corrected chi connectivity index (χ3v) is 3.98. The number of nitrogens with one attached hydrogen (secondary N) is 1. The lowest BCUT2D eigenvalue weighted by molar-refractivity contribution is 0.316. The van der Waals surface area contributed by atoms with Crippen molar-refractivity contribution in [3.8, 4) is 0 Å². The molecule has 120 valence electrons. The van der Waals surface area contributed by atoms with Gasteiger partial charge in [0.15, 0.2) is 5.65 Å². The molecule has 2 rings (SSSR count). The molecule has 2 aromatic rings. The summed E-state index contributed by atoms with van der Waals surface area (Å²) in [6.45, 7) is 7.85. The molecule has 7 heteroatoms. The Hall–Kier alpha value is -2.15. The molecule has 0 aromatic carbocycles. The molecule has 0 bridgehead atoms. The number of rotatable bonds is 6. The highest BCUT2D eigenvalue weighted by Crippen LogP contribution is 2.15. The Labute approximate surface area is 129 Å². The summed E-state index contributed by atoms with van der Waals surface area (Å²) in [5, 5.41) is 3.74. The van der Waals surface area contributed by atoms with Gasteiger partial charge in [0, 0.05) is 33.4 Å². The number of aryl methyl sites for hydroxylation is 1. The summed E-state index contributed by atoms with van der Waals surface area (Å²) in [4.78, 5) is 30.8. The summed E-state index contributed by atoms with van der Waals surface area (Å²) in [5.41, 5.74) is 0.427. The van der Waals surface area contributed by atoms with E-state index in [1.165, 1.54) is 11.6 Å². The van der Waals surface area contributed by atoms with Crippen LogP contribution in [0.5, 0.6) is 0 Å². The Morgan fingerprint density at radius 2 is 1.86 bits per heavy atom. The maximum Gasteiger partial charge on any atom is 0.332 e. The monoisotopic (exact) mass is 305 g/mol. The fourth-order valence-electron chi connectivity index (χ4n) is 2.52. The number of likely N-dealkylation sites (N-methyl/N-ethyl adjacent to an activating group) is 1. The number of anilines is 1. The van der Waals surface area contributed by atoms with Gasteiger partial charge >= 0.3 is 5.69 Å². The molecule has 0 atom stereocenters. The molecule has 0 unspecified atom stereocenters.